The molecule has 0 aliphatic heterocycles. The average Bonchev–Trinajstić information content (AvgIpc) is 2.55. The minimum atomic E-state index is -1.03. The Bertz CT molecular complexity index is 754. The highest BCUT2D eigenvalue weighted by molar-refractivity contribution is 5.95. The van der Waals surface area contributed by atoms with E-state index in [1.807, 2.05) is 51.1 Å². The van der Waals surface area contributed by atoms with Crippen molar-refractivity contribution in [3.8, 4) is 5.75 Å². The van der Waals surface area contributed by atoms with Gasteiger partial charge in [0.1, 0.15) is 5.75 Å². The summed E-state index contributed by atoms with van der Waals surface area (Å²) in [5.41, 5.74) is 2.05. The molecule has 0 bridgehead atoms. The number of nitrogens with one attached hydrogen (secondary N) is 1. The van der Waals surface area contributed by atoms with E-state index in [1.54, 1.807) is 18.2 Å². The number of rotatable bonds is 7. The number of amides is 1. The summed E-state index contributed by atoms with van der Waals surface area (Å²) in [4.78, 5) is 23.2. The Kier molecular flexibility index (Phi) is 5.80. The first-order chi connectivity index (χ1) is 11.8. The van der Waals surface area contributed by atoms with E-state index in [9.17, 15) is 9.59 Å². The maximum absolute atomic E-state index is 12.7. The summed E-state index contributed by atoms with van der Waals surface area (Å²) in [6.45, 7) is 5.27. The summed E-state index contributed by atoms with van der Waals surface area (Å²) < 4.78 is 5.14. The van der Waals surface area contributed by atoms with Gasteiger partial charge in [0, 0.05) is 11.1 Å². The number of anilines is 1. The molecule has 0 saturated carbocycles. The Balaban J connectivity index is 2.05. The highest BCUT2D eigenvalue weighted by Crippen LogP contribution is 2.27. The van der Waals surface area contributed by atoms with Crippen molar-refractivity contribution in [1.82, 2.24) is 0 Å². The molecule has 0 atom stereocenters. The van der Waals surface area contributed by atoms with Gasteiger partial charge in [-0.2, -0.15) is 0 Å². The van der Waals surface area contributed by atoms with E-state index in [4.69, 9.17) is 9.84 Å². The van der Waals surface area contributed by atoms with E-state index in [1.165, 1.54) is 0 Å². The summed E-state index contributed by atoms with van der Waals surface area (Å²) in [7, 11) is 0. The Morgan fingerprint density at radius 2 is 1.80 bits per heavy atom. The van der Waals surface area contributed by atoms with Crippen LogP contribution in [0.25, 0.3) is 0 Å². The van der Waals surface area contributed by atoms with Crippen LogP contribution in [0.4, 0.5) is 5.69 Å². The van der Waals surface area contributed by atoms with Crippen molar-refractivity contribution in [2.75, 3.05) is 11.9 Å². The lowest BCUT2D eigenvalue weighted by Gasteiger charge is -2.24. The summed E-state index contributed by atoms with van der Waals surface area (Å²) in [5.74, 6) is -0.641. The largest absolute Gasteiger partial charge is 0.482 e. The summed E-state index contributed by atoms with van der Waals surface area (Å²) in [6, 6.07) is 15.0. The molecule has 0 heterocycles. The first-order valence-corrected chi connectivity index (χ1v) is 8.08. The summed E-state index contributed by atoms with van der Waals surface area (Å²) in [5, 5.41) is 11.6. The minimum absolute atomic E-state index is 0.0707. The topological polar surface area (TPSA) is 75.6 Å². The van der Waals surface area contributed by atoms with Crippen molar-refractivity contribution >= 4 is 17.6 Å². The van der Waals surface area contributed by atoms with Gasteiger partial charge in [0.25, 0.3) is 0 Å². The fourth-order valence-electron chi connectivity index (χ4n) is 2.49. The lowest BCUT2D eigenvalue weighted by molar-refractivity contribution is -0.139. The number of carboxylic acid groups (broad SMARTS) is 1. The molecular formula is C20H23NO4. The number of carbonyl (C=O) groups excluding carboxylic acids is 1. The third-order valence-corrected chi connectivity index (χ3v) is 3.91. The van der Waals surface area contributed by atoms with E-state index in [0.717, 1.165) is 11.1 Å². The number of aliphatic carboxylic acids is 1. The van der Waals surface area contributed by atoms with Crippen molar-refractivity contribution < 1.29 is 19.4 Å². The Morgan fingerprint density at radius 1 is 1.12 bits per heavy atom. The molecule has 25 heavy (non-hydrogen) atoms. The average molecular weight is 341 g/mol. The van der Waals surface area contributed by atoms with E-state index < -0.39 is 18.0 Å². The van der Waals surface area contributed by atoms with Crippen LogP contribution in [0.2, 0.25) is 0 Å². The Morgan fingerprint density at radius 3 is 2.40 bits per heavy atom. The van der Waals surface area contributed by atoms with Gasteiger partial charge in [-0.05, 0) is 42.7 Å². The molecule has 0 saturated heterocycles. The van der Waals surface area contributed by atoms with Gasteiger partial charge in [-0.25, -0.2) is 4.79 Å². The van der Waals surface area contributed by atoms with Crippen LogP contribution in [0, 0.1) is 12.3 Å². The van der Waals surface area contributed by atoms with Crippen LogP contribution >= 0.6 is 0 Å². The van der Waals surface area contributed by atoms with Crippen molar-refractivity contribution in [2.24, 2.45) is 5.41 Å². The first kappa shape index (κ1) is 18.5. The lowest BCUT2D eigenvalue weighted by Crippen LogP contribution is -2.33. The van der Waals surface area contributed by atoms with Crippen molar-refractivity contribution in [2.45, 2.75) is 27.2 Å². The van der Waals surface area contributed by atoms with Crippen molar-refractivity contribution in [1.29, 1.82) is 0 Å². The molecule has 0 radical (unpaired) electrons. The number of carboxylic acids is 1. The molecule has 5 nitrogen and oxygen atoms in total. The number of aryl methyl sites for hydroxylation is 1. The number of hydrogen-bond donors (Lipinski definition) is 2. The van der Waals surface area contributed by atoms with Gasteiger partial charge >= 0.3 is 5.97 Å². The third-order valence-electron chi connectivity index (χ3n) is 3.91. The fraction of sp³-hybridized carbons (Fsp3) is 0.300. The molecule has 0 unspecified atom stereocenters. The molecule has 5 heteroatoms. The molecule has 0 fully saturated rings. The van der Waals surface area contributed by atoms with Gasteiger partial charge in [0.05, 0.1) is 0 Å². The third kappa shape index (κ3) is 5.35. The molecule has 0 aliphatic rings. The molecule has 0 spiro atoms. The first-order valence-electron chi connectivity index (χ1n) is 8.08. The Hall–Kier alpha value is -2.82. The molecular weight excluding hydrogens is 318 g/mol. The molecule has 2 aromatic rings. The predicted molar refractivity (Wildman–Crippen MR) is 96.9 cm³/mol. The molecule has 2 aromatic carbocycles. The normalized spacial score (nSPS) is 11.0. The molecule has 2 rings (SSSR count). The van der Waals surface area contributed by atoms with Crippen LogP contribution in [-0.4, -0.2) is 23.6 Å². The maximum Gasteiger partial charge on any atom is 0.341 e. The minimum Gasteiger partial charge on any atom is -0.482 e. The smallest absolute Gasteiger partial charge is 0.341 e. The highest BCUT2D eigenvalue weighted by Gasteiger charge is 2.28. The monoisotopic (exact) mass is 341 g/mol. The van der Waals surface area contributed by atoms with Gasteiger partial charge in [-0.1, -0.05) is 44.2 Å². The SMILES string of the molecule is Cc1cc(OCC(=O)O)ccc1NC(=O)C(C)(C)Cc1ccccc1. The molecule has 0 aliphatic carbocycles. The van der Waals surface area contributed by atoms with E-state index in [2.05, 4.69) is 5.32 Å². The van der Waals surface area contributed by atoms with Crippen molar-refractivity contribution in [3.63, 3.8) is 0 Å². The molecule has 132 valence electrons. The van der Waals surface area contributed by atoms with E-state index >= 15 is 0 Å². The summed E-state index contributed by atoms with van der Waals surface area (Å²) in [6.07, 6.45) is 0.637. The van der Waals surface area contributed by atoms with Gasteiger partial charge in [0.2, 0.25) is 5.91 Å². The van der Waals surface area contributed by atoms with E-state index in [-0.39, 0.29) is 5.91 Å². The number of benzene rings is 2. The Labute approximate surface area is 147 Å². The maximum atomic E-state index is 12.7. The second-order valence-corrected chi connectivity index (χ2v) is 6.66. The van der Waals surface area contributed by atoms with Gasteiger partial charge < -0.3 is 15.2 Å². The zero-order chi connectivity index (χ0) is 18.4. The zero-order valence-corrected chi connectivity index (χ0v) is 14.7. The van der Waals surface area contributed by atoms with Crippen molar-refractivity contribution in [3.05, 3.63) is 59.7 Å². The second kappa shape index (κ2) is 7.83. The zero-order valence-electron chi connectivity index (χ0n) is 14.7. The molecule has 1 amide bonds. The van der Waals surface area contributed by atoms with Crippen LogP contribution < -0.4 is 10.1 Å². The van der Waals surface area contributed by atoms with Gasteiger partial charge in [0.15, 0.2) is 6.61 Å². The second-order valence-electron chi connectivity index (χ2n) is 6.66. The standard InChI is InChI=1S/C20H23NO4/c1-14-11-16(25-13-18(22)23)9-10-17(14)21-19(24)20(2,3)12-15-7-5-4-6-8-15/h4-11H,12-13H2,1-3H3,(H,21,24)(H,22,23). The van der Waals surface area contributed by atoms with Crippen LogP contribution in [0.1, 0.15) is 25.0 Å². The molecule has 2 N–H and O–H groups in total. The fourth-order valence-corrected chi connectivity index (χ4v) is 2.49. The predicted octanol–water partition coefficient (Wildman–Crippen LogP) is 3.67. The van der Waals surface area contributed by atoms with Crippen LogP contribution in [-0.2, 0) is 16.0 Å². The van der Waals surface area contributed by atoms with E-state index in [0.29, 0.717) is 17.9 Å². The van der Waals surface area contributed by atoms with Gasteiger partial charge in [-0.15, -0.1) is 0 Å². The quantitative estimate of drug-likeness (QED) is 0.806. The number of ether oxygens (including phenoxy) is 1. The molecule has 0 aromatic heterocycles. The number of carbonyl (C=O) groups is 2. The van der Waals surface area contributed by atoms with Crippen LogP contribution in [0.15, 0.2) is 48.5 Å². The summed E-state index contributed by atoms with van der Waals surface area (Å²) >= 11 is 0. The highest BCUT2D eigenvalue weighted by atomic mass is 16.5. The lowest BCUT2D eigenvalue weighted by atomic mass is 9.84. The van der Waals surface area contributed by atoms with Crippen LogP contribution in [0.5, 0.6) is 5.75 Å². The van der Waals surface area contributed by atoms with Gasteiger partial charge in [-0.3, -0.25) is 4.79 Å². The number of hydrogen-bond acceptors (Lipinski definition) is 3. The van der Waals surface area contributed by atoms with Crippen LogP contribution in [0.3, 0.4) is 0 Å².